The Balaban J connectivity index is 1.59. The van der Waals surface area contributed by atoms with Crippen molar-refractivity contribution in [3.63, 3.8) is 0 Å². The number of methoxy groups -OCH3 is 1. The van der Waals surface area contributed by atoms with E-state index in [-0.39, 0.29) is 5.91 Å². The molecule has 9 heteroatoms. The first-order valence-electron chi connectivity index (χ1n) is 10.6. The Kier molecular flexibility index (Phi) is 6.28. The number of amides is 1. The van der Waals surface area contributed by atoms with Crippen molar-refractivity contribution >= 4 is 5.91 Å². The number of hydrogen-bond acceptors (Lipinski definition) is 5. The van der Waals surface area contributed by atoms with E-state index in [0.29, 0.717) is 41.9 Å². The zero-order valence-electron chi connectivity index (χ0n) is 18.1. The summed E-state index contributed by atoms with van der Waals surface area (Å²) in [6.45, 7) is 4.96. The van der Waals surface area contributed by atoms with E-state index in [9.17, 15) is 18.0 Å². The predicted molar refractivity (Wildman–Crippen MR) is 112 cm³/mol. The highest BCUT2D eigenvalue weighted by molar-refractivity contribution is 5.73. The van der Waals surface area contributed by atoms with E-state index >= 15 is 0 Å². The summed E-state index contributed by atoms with van der Waals surface area (Å²) in [7, 11) is 1.54. The Morgan fingerprint density at radius 2 is 1.94 bits per heavy atom. The highest BCUT2D eigenvalue weighted by Crippen LogP contribution is 2.39. The lowest BCUT2D eigenvalue weighted by atomic mass is 10.0. The number of aromatic nitrogens is 1. The molecule has 32 heavy (non-hydrogen) atoms. The molecule has 0 spiro atoms. The number of ether oxygens (including phenoxy) is 2. The van der Waals surface area contributed by atoms with Crippen molar-refractivity contribution in [3.8, 4) is 22.8 Å². The molecule has 1 saturated heterocycles. The van der Waals surface area contributed by atoms with E-state index < -0.39 is 11.7 Å². The van der Waals surface area contributed by atoms with Crippen molar-refractivity contribution in [2.24, 2.45) is 0 Å². The largest absolute Gasteiger partial charge is 0.493 e. The van der Waals surface area contributed by atoms with Crippen LogP contribution in [0.5, 0.6) is 11.5 Å². The zero-order chi connectivity index (χ0) is 22.9. The number of fused-ring (bicyclic) bond motifs is 1. The number of carbonyl (C=O) groups is 1. The molecule has 0 saturated carbocycles. The molecule has 1 amide bonds. The number of carbonyl (C=O) groups excluding carboxylic acids is 1. The molecule has 6 nitrogen and oxygen atoms in total. The number of piperidine rings is 1. The lowest BCUT2D eigenvalue weighted by Crippen LogP contribution is -2.46. The van der Waals surface area contributed by atoms with Crippen LogP contribution < -0.4 is 9.47 Å². The van der Waals surface area contributed by atoms with E-state index in [1.807, 2.05) is 11.0 Å². The molecule has 1 fully saturated rings. The molecule has 1 aromatic carbocycles. The Bertz CT molecular complexity index is 971. The molecule has 3 heterocycles. The summed E-state index contributed by atoms with van der Waals surface area (Å²) < 4.78 is 50.2. The lowest BCUT2D eigenvalue weighted by Gasteiger charge is -2.37. The van der Waals surface area contributed by atoms with Gasteiger partial charge >= 0.3 is 6.18 Å². The highest BCUT2D eigenvalue weighted by Gasteiger charge is 2.31. The quantitative estimate of drug-likeness (QED) is 0.710. The standard InChI is InChI=1S/C23H26F3N3O3/c1-15(30)28-7-5-19(6-8-28)29-9-10-32-22-17(14-29)11-16(12-21(22)31-2)20-4-3-18(13-27-20)23(24,25)26/h3-4,11-13,19H,5-10,14H2,1-2H3. The van der Waals surface area contributed by atoms with Crippen molar-refractivity contribution in [2.75, 3.05) is 33.4 Å². The van der Waals surface area contributed by atoms with Crippen molar-refractivity contribution in [1.29, 1.82) is 0 Å². The van der Waals surface area contributed by atoms with Crippen molar-refractivity contribution in [2.45, 2.75) is 38.5 Å². The van der Waals surface area contributed by atoms with Gasteiger partial charge in [0.1, 0.15) is 6.61 Å². The molecule has 0 atom stereocenters. The monoisotopic (exact) mass is 449 g/mol. The van der Waals surface area contributed by atoms with Gasteiger partial charge in [-0.3, -0.25) is 14.7 Å². The summed E-state index contributed by atoms with van der Waals surface area (Å²) >= 11 is 0. The molecule has 1 aromatic heterocycles. The fourth-order valence-corrected chi connectivity index (χ4v) is 4.39. The number of benzene rings is 1. The highest BCUT2D eigenvalue weighted by atomic mass is 19.4. The number of hydrogen-bond donors (Lipinski definition) is 0. The van der Waals surface area contributed by atoms with Crippen molar-refractivity contribution < 1.29 is 27.4 Å². The maximum Gasteiger partial charge on any atom is 0.417 e. The van der Waals surface area contributed by atoms with Gasteiger partial charge in [0.2, 0.25) is 5.91 Å². The van der Waals surface area contributed by atoms with Gasteiger partial charge in [0.25, 0.3) is 0 Å². The van der Waals surface area contributed by atoms with Crippen LogP contribution in [-0.2, 0) is 17.5 Å². The third-order valence-corrected chi connectivity index (χ3v) is 6.16. The summed E-state index contributed by atoms with van der Waals surface area (Å²) in [5, 5.41) is 0. The second-order valence-electron chi connectivity index (χ2n) is 8.15. The first-order valence-corrected chi connectivity index (χ1v) is 10.6. The minimum absolute atomic E-state index is 0.103. The molecule has 4 rings (SSSR count). The van der Waals surface area contributed by atoms with E-state index in [1.54, 1.807) is 20.1 Å². The fraction of sp³-hybridized carbons (Fsp3) is 0.478. The van der Waals surface area contributed by atoms with E-state index in [2.05, 4.69) is 9.88 Å². The van der Waals surface area contributed by atoms with Gasteiger partial charge in [-0.1, -0.05) is 0 Å². The Morgan fingerprint density at radius 3 is 2.53 bits per heavy atom. The molecular weight excluding hydrogens is 423 g/mol. The summed E-state index contributed by atoms with van der Waals surface area (Å²) in [5.41, 5.74) is 1.23. The van der Waals surface area contributed by atoms with E-state index in [4.69, 9.17) is 9.47 Å². The van der Waals surface area contributed by atoms with Gasteiger partial charge in [-0.15, -0.1) is 0 Å². The minimum Gasteiger partial charge on any atom is -0.493 e. The Morgan fingerprint density at radius 1 is 1.19 bits per heavy atom. The summed E-state index contributed by atoms with van der Waals surface area (Å²) in [6.07, 6.45) is -1.79. The van der Waals surface area contributed by atoms with Crippen LogP contribution in [0.15, 0.2) is 30.5 Å². The number of halogens is 3. The topological polar surface area (TPSA) is 54.9 Å². The minimum atomic E-state index is -4.43. The van der Waals surface area contributed by atoms with Gasteiger partial charge in [0.05, 0.1) is 18.4 Å². The average Bonchev–Trinajstić information content (AvgIpc) is 3.00. The predicted octanol–water partition coefficient (Wildman–Crippen LogP) is 3.98. The Labute approximate surface area is 184 Å². The number of pyridine rings is 1. The smallest absolute Gasteiger partial charge is 0.417 e. The van der Waals surface area contributed by atoms with Gasteiger partial charge in [-0.25, -0.2) is 0 Å². The SMILES string of the molecule is COc1cc(-c2ccc(C(F)(F)F)cn2)cc2c1OCCN(C1CCN(C(C)=O)CC1)C2. The number of nitrogens with zero attached hydrogens (tertiary/aromatic N) is 3. The zero-order valence-corrected chi connectivity index (χ0v) is 18.1. The van der Waals surface area contributed by atoms with Crippen molar-refractivity contribution in [1.82, 2.24) is 14.8 Å². The number of alkyl halides is 3. The van der Waals surface area contributed by atoms with Gasteiger partial charge < -0.3 is 14.4 Å². The van der Waals surface area contributed by atoms with Crippen LogP contribution in [0.3, 0.4) is 0 Å². The van der Waals surface area contributed by atoms with Gasteiger partial charge in [-0.2, -0.15) is 13.2 Å². The summed E-state index contributed by atoms with van der Waals surface area (Å²) in [4.78, 5) is 19.9. The fourth-order valence-electron chi connectivity index (χ4n) is 4.39. The average molecular weight is 449 g/mol. The van der Waals surface area contributed by atoms with Crippen LogP contribution in [0, 0.1) is 0 Å². The van der Waals surface area contributed by atoms with Crippen LogP contribution in [-0.4, -0.2) is 60.1 Å². The van der Waals surface area contributed by atoms with Crippen molar-refractivity contribution in [3.05, 3.63) is 41.6 Å². The molecule has 0 aliphatic carbocycles. The second-order valence-corrected chi connectivity index (χ2v) is 8.15. The van der Waals surface area contributed by atoms with E-state index in [0.717, 1.165) is 50.3 Å². The Hall–Kier alpha value is -2.81. The maximum atomic E-state index is 12.9. The van der Waals surface area contributed by atoms with Crippen LogP contribution in [0.25, 0.3) is 11.3 Å². The summed E-state index contributed by atoms with van der Waals surface area (Å²) in [6, 6.07) is 6.40. The third-order valence-electron chi connectivity index (χ3n) is 6.16. The van der Waals surface area contributed by atoms with Crippen LogP contribution in [0.4, 0.5) is 13.2 Å². The third kappa shape index (κ3) is 4.67. The number of likely N-dealkylation sites (tertiary alicyclic amines) is 1. The molecule has 0 radical (unpaired) electrons. The summed E-state index contributed by atoms with van der Waals surface area (Å²) in [5.74, 6) is 1.30. The molecule has 2 aliphatic heterocycles. The maximum absolute atomic E-state index is 12.9. The van der Waals surface area contributed by atoms with Crippen LogP contribution in [0.1, 0.15) is 30.9 Å². The molecular formula is C23H26F3N3O3. The van der Waals surface area contributed by atoms with Gasteiger partial charge in [0, 0.05) is 56.5 Å². The van der Waals surface area contributed by atoms with Crippen LogP contribution >= 0.6 is 0 Å². The molecule has 0 unspecified atom stereocenters. The van der Waals surface area contributed by atoms with Gasteiger partial charge in [-0.05, 0) is 37.1 Å². The molecule has 0 bridgehead atoms. The van der Waals surface area contributed by atoms with E-state index in [1.165, 1.54) is 6.07 Å². The van der Waals surface area contributed by atoms with Crippen LogP contribution in [0.2, 0.25) is 0 Å². The molecule has 172 valence electrons. The second kappa shape index (κ2) is 8.97. The van der Waals surface area contributed by atoms with Gasteiger partial charge in [0.15, 0.2) is 11.5 Å². The number of rotatable bonds is 3. The first kappa shape index (κ1) is 22.4. The lowest BCUT2D eigenvalue weighted by molar-refractivity contribution is -0.137. The normalized spacial score (nSPS) is 18.0. The first-order chi connectivity index (χ1) is 15.3. The molecule has 0 N–H and O–H groups in total. The molecule has 2 aliphatic rings. The molecule has 2 aromatic rings.